The number of sulfone groups is 1. The third kappa shape index (κ3) is 3.26. The molecule has 0 aliphatic rings. The molecule has 0 aliphatic heterocycles. The van der Waals surface area contributed by atoms with Gasteiger partial charge in [-0.1, -0.05) is 30.3 Å². The molecule has 1 aromatic carbocycles. The average Bonchev–Trinajstić information content (AvgIpc) is 2.93. The Bertz CT molecular complexity index is 685. The van der Waals surface area contributed by atoms with Crippen LogP contribution < -0.4 is 0 Å². The maximum absolute atomic E-state index is 12.1. The number of carbonyl (C=O) groups is 1. The second kappa shape index (κ2) is 5.76. The van der Waals surface area contributed by atoms with E-state index < -0.39 is 21.7 Å². The lowest BCUT2D eigenvalue weighted by molar-refractivity contribution is -0.138. The fourth-order valence-corrected chi connectivity index (χ4v) is 4.21. The number of hydrogen-bond donors (Lipinski definition) is 1. The summed E-state index contributed by atoms with van der Waals surface area (Å²) in [5.74, 6) is -1.57. The fraction of sp³-hybridized carbons (Fsp3) is 0.214. The summed E-state index contributed by atoms with van der Waals surface area (Å²) in [5, 5.41) is 10.6. The van der Waals surface area contributed by atoms with Gasteiger partial charge in [-0.2, -0.15) is 0 Å². The van der Waals surface area contributed by atoms with Crippen molar-refractivity contribution in [1.29, 1.82) is 0 Å². The molecule has 2 aromatic rings. The lowest BCUT2D eigenvalue weighted by atomic mass is 10.0. The maximum Gasteiger partial charge on any atom is 0.310 e. The highest BCUT2D eigenvalue weighted by Crippen LogP contribution is 2.22. The maximum atomic E-state index is 12.1. The zero-order valence-electron chi connectivity index (χ0n) is 10.8. The summed E-state index contributed by atoms with van der Waals surface area (Å²) in [6, 6.07) is 9.95. The molecule has 106 valence electrons. The van der Waals surface area contributed by atoms with Gasteiger partial charge in [-0.05, 0) is 29.5 Å². The van der Waals surface area contributed by atoms with E-state index in [0.717, 1.165) is 0 Å². The highest BCUT2D eigenvalue weighted by atomic mass is 32.2. The number of carboxylic acids is 1. The second-order valence-electron chi connectivity index (χ2n) is 4.49. The normalized spacial score (nSPS) is 13.1. The van der Waals surface area contributed by atoms with Crippen molar-refractivity contribution in [3.8, 4) is 0 Å². The summed E-state index contributed by atoms with van der Waals surface area (Å²) in [4.78, 5) is 10.9. The van der Waals surface area contributed by atoms with Crippen molar-refractivity contribution in [2.45, 2.75) is 22.8 Å². The van der Waals surface area contributed by atoms with Gasteiger partial charge in [-0.3, -0.25) is 4.79 Å². The van der Waals surface area contributed by atoms with Crippen LogP contribution in [0.2, 0.25) is 0 Å². The number of rotatable bonds is 5. The molecule has 0 bridgehead atoms. The van der Waals surface area contributed by atoms with Crippen LogP contribution in [0, 0.1) is 0 Å². The Hall–Kier alpha value is -1.66. The summed E-state index contributed by atoms with van der Waals surface area (Å²) in [7, 11) is -3.32. The number of benzene rings is 1. The molecule has 6 heteroatoms. The first-order valence-corrected chi connectivity index (χ1v) is 8.51. The van der Waals surface area contributed by atoms with Crippen LogP contribution in [0.5, 0.6) is 0 Å². The molecule has 1 N–H and O–H groups in total. The first kappa shape index (κ1) is 14.7. The van der Waals surface area contributed by atoms with Crippen LogP contribution in [0.1, 0.15) is 24.0 Å². The summed E-state index contributed by atoms with van der Waals surface area (Å²) >= 11 is 1.20. The molecule has 0 saturated carbocycles. The third-order valence-corrected chi connectivity index (χ3v) is 6.18. The van der Waals surface area contributed by atoms with Gasteiger partial charge >= 0.3 is 5.97 Å². The Kier molecular flexibility index (Phi) is 4.25. The standard InChI is InChI=1S/C14H14O4S2/c1-10(14(15)16)12-6-4-11(5-7-12)9-20(17,18)13-3-2-8-19-13/h2-8,10H,9H2,1H3,(H,15,16). The van der Waals surface area contributed by atoms with Gasteiger partial charge in [0.05, 0.1) is 11.7 Å². The molecule has 0 aliphatic carbocycles. The van der Waals surface area contributed by atoms with E-state index in [0.29, 0.717) is 15.3 Å². The zero-order chi connectivity index (χ0) is 14.8. The lowest BCUT2D eigenvalue weighted by Gasteiger charge is -2.08. The monoisotopic (exact) mass is 310 g/mol. The highest BCUT2D eigenvalue weighted by molar-refractivity contribution is 7.92. The minimum absolute atomic E-state index is 0.0742. The number of aliphatic carboxylic acids is 1. The van der Waals surface area contributed by atoms with Crippen LogP contribution in [0.3, 0.4) is 0 Å². The predicted molar refractivity (Wildman–Crippen MR) is 77.7 cm³/mol. The topological polar surface area (TPSA) is 71.4 Å². The van der Waals surface area contributed by atoms with Crippen LogP contribution in [-0.4, -0.2) is 19.5 Å². The van der Waals surface area contributed by atoms with E-state index in [1.54, 1.807) is 48.7 Å². The molecule has 0 fully saturated rings. The largest absolute Gasteiger partial charge is 0.481 e. The van der Waals surface area contributed by atoms with Crippen molar-refractivity contribution >= 4 is 27.1 Å². The van der Waals surface area contributed by atoms with Gasteiger partial charge in [-0.25, -0.2) is 8.42 Å². The Morgan fingerprint density at radius 2 is 1.90 bits per heavy atom. The minimum atomic E-state index is -3.32. The summed E-state index contributed by atoms with van der Waals surface area (Å²) in [6.07, 6.45) is 0. The molecule has 2 rings (SSSR count). The van der Waals surface area contributed by atoms with Crippen molar-refractivity contribution in [2.24, 2.45) is 0 Å². The number of hydrogen-bond acceptors (Lipinski definition) is 4. The quantitative estimate of drug-likeness (QED) is 0.921. The van der Waals surface area contributed by atoms with E-state index >= 15 is 0 Å². The van der Waals surface area contributed by atoms with Gasteiger partial charge in [0.2, 0.25) is 0 Å². The van der Waals surface area contributed by atoms with Crippen molar-refractivity contribution in [3.05, 3.63) is 52.9 Å². The van der Waals surface area contributed by atoms with Gasteiger partial charge in [-0.15, -0.1) is 11.3 Å². The molecule has 1 atom stereocenters. The van der Waals surface area contributed by atoms with Gasteiger partial charge in [0.1, 0.15) is 4.21 Å². The van der Waals surface area contributed by atoms with Crippen molar-refractivity contribution in [2.75, 3.05) is 0 Å². The summed E-state index contributed by atoms with van der Waals surface area (Å²) in [6.45, 7) is 1.60. The Morgan fingerprint density at radius 1 is 1.25 bits per heavy atom. The van der Waals surface area contributed by atoms with Crippen LogP contribution in [-0.2, 0) is 20.4 Å². The molecule has 20 heavy (non-hydrogen) atoms. The molecule has 0 saturated heterocycles. The van der Waals surface area contributed by atoms with E-state index in [9.17, 15) is 13.2 Å². The first-order valence-electron chi connectivity index (χ1n) is 5.98. The smallest absolute Gasteiger partial charge is 0.310 e. The third-order valence-electron chi connectivity index (χ3n) is 3.01. The molecular weight excluding hydrogens is 296 g/mol. The summed E-state index contributed by atoms with van der Waals surface area (Å²) in [5.41, 5.74) is 1.31. The van der Waals surface area contributed by atoms with Crippen LogP contribution in [0.25, 0.3) is 0 Å². The van der Waals surface area contributed by atoms with Crippen molar-refractivity contribution in [3.63, 3.8) is 0 Å². The Morgan fingerprint density at radius 3 is 2.40 bits per heavy atom. The molecular formula is C14H14O4S2. The Labute approximate surface area is 121 Å². The molecule has 0 amide bonds. The van der Waals surface area contributed by atoms with E-state index in [4.69, 9.17) is 5.11 Å². The first-order chi connectivity index (χ1) is 9.40. The second-order valence-corrected chi connectivity index (χ2v) is 7.66. The number of carboxylic acid groups (broad SMARTS) is 1. The molecule has 1 heterocycles. The molecule has 0 radical (unpaired) electrons. The van der Waals surface area contributed by atoms with Crippen LogP contribution in [0.15, 0.2) is 46.0 Å². The van der Waals surface area contributed by atoms with E-state index in [2.05, 4.69) is 0 Å². The average molecular weight is 310 g/mol. The molecule has 0 spiro atoms. The van der Waals surface area contributed by atoms with Gasteiger partial charge in [0.25, 0.3) is 0 Å². The molecule has 4 nitrogen and oxygen atoms in total. The van der Waals surface area contributed by atoms with Crippen molar-refractivity contribution in [1.82, 2.24) is 0 Å². The fourth-order valence-electron chi connectivity index (χ4n) is 1.78. The van der Waals surface area contributed by atoms with Gasteiger partial charge in [0, 0.05) is 0 Å². The Balaban J connectivity index is 2.18. The van der Waals surface area contributed by atoms with E-state index in [1.807, 2.05) is 0 Å². The highest BCUT2D eigenvalue weighted by Gasteiger charge is 2.17. The van der Waals surface area contributed by atoms with Crippen molar-refractivity contribution < 1.29 is 18.3 Å². The van der Waals surface area contributed by atoms with E-state index in [1.165, 1.54) is 11.3 Å². The van der Waals surface area contributed by atoms with Crippen LogP contribution >= 0.6 is 11.3 Å². The zero-order valence-corrected chi connectivity index (χ0v) is 12.4. The van der Waals surface area contributed by atoms with Gasteiger partial charge < -0.3 is 5.11 Å². The lowest BCUT2D eigenvalue weighted by Crippen LogP contribution is -2.08. The molecule has 1 aromatic heterocycles. The van der Waals surface area contributed by atoms with E-state index in [-0.39, 0.29) is 5.75 Å². The molecule has 1 unspecified atom stereocenters. The SMILES string of the molecule is CC(C(=O)O)c1ccc(CS(=O)(=O)c2cccs2)cc1. The number of thiophene rings is 1. The summed E-state index contributed by atoms with van der Waals surface area (Å²) < 4.78 is 24.6. The van der Waals surface area contributed by atoms with Crippen LogP contribution in [0.4, 0.5) is 0 Å². The van der Waals surface area contributed by atoms with Gasteiger partial charge in [0.15, 0.2) is 9.84 Å². The minimum Gasteiger partial charge on any atom is -0.481 e. The predicted octanol–water partition coefficient (Wildman–Crippen LogP) is 2.91.